The molecule has 1 fully saturated rings. The maximum atomic E-state index is 12.6. The van der Waals surface area contributed by atoms with Crippen LogP contribution in [0, 0.1) is 0 Å². The predicted octanol–water partition coefficient (Wildman–Crippen LogP) is 2.08. The average Bonchev–Trinajstić information content (AvgIpc) is 3.09. The summed E-state index contributed by atoms with van der Waals surface area (Å²) in [7, 11) is 0. The number of amides is 2. The number of imide groups is 1. The standard InChI is InChI=1S/C19H18N2O2/c22-18-12-17(19(23)21(18)16-8-2-1-3-9-16)20-15-10-13-6-4-5-7-14(13)11-15/h1-9,15,17,20H,10-12H2/t17-/m0/s1. The Morgan fingerprint density at radius 3 is 2.09 bits per heavy atom. The molecule has 4 heteroatoms. The molecule has 23 heavy (non-hydrogen) atoms. The molecule has 4 rings (SSSR count). The Labute approximate surface area is 135 Å². The lowest BCUT2D eigenvalue weighted by molar-refractivity contribution is -0.121. The topological polar surface area (TPSA) is 49.4 Å². The Morgan fingerprint density at radius 1 is 0.826 bits per heavy atom. The van der Waals surface area contributed by atoms with Gasteiger partial charge in [-0.15, -0.1) is 0 Å². The lowest BCUT2D eigenvalue weighted by Gasteiger charge is -2.18. The summed E-state index contributed by atoms with van der Waals surface area (Å²) in [6.45, 7) is 0. The highest BCUT2D eigenvalue weighted by atomic mass is 16.2. The van der Waals surface area contributed by atoms with E-state index in [1.165, 1.54) is 16.0 Å². The summed E-state index contributed by atoms with van der Waals surface area (Å²) < 4.78 is 0. The van der Waals surface area contributed by atoms with Gasteiger partial charge in [-0.25, -0.2) is 4.90 Å². The molecule has 0 bridgehead atoms. The highest BCUT2D eigenvalue weighted by molar-refractivity contribution is 6.22. The fourth-order valence-corrected chi connectivity index (χ4v) is 3.57. The van der Waals surface area contributed by atoms with E-state index < -0.39 is 6.04 Å². The molecule has 1 aliphatic carbocycles. The first-order valence-electron chi connectivity index (χ1n) is 7.97. The summed E-state index contributed by atoms with van der Waals surface area (Å²) in [6, 6.07) is 17.3. The van der Waals surface area contributed by atoms with Crippen molar-refractivity contribution in [3.8, 4) is 0 Å². The largest absolute Gasteiger partial charge is 0.302 e. The Hall–Kier alpha value is -2.46. The smallest absolute Gasteiger partial charge is 0.251 e. The molecule has 0 unspecified atom stereocenters. The van der Waals surface area contributed by atoms with Gasteiger partial charge >= 0.3 is 0 Å². The molecular weight excluding hydrogens is 288 g/mol. The van der Waals surface area contributed by atoms with Crippen molar-refractivity contribution in [3.63, 3.8) is 0 Å². The minimum Gasteiger partial charge on any atom is -0.302 e. The lowest BCUT2D eigenvalue weighted by Crippen LogP contribution is -2.44. The number of para-hydroxylation sites is 1. The Kier molecular flexibility index (Phi) is 3.46. The SMILES string of the molecule is O=C1C[C@H](NC2Cc3ccccc3C2)C(=O)N1c1ccccc1. The molecule has 2 aliphatic rings. The average molecular weight is 306 g/mol. The number of nitrogens with one attached hydrogen (secondary N) is 1. The summed E-state index contributed by atoms with van der Waals surface area (Å²) in [6.07, 6.45) is 2.07. The summed E-state index contributed by atoms with van der Waals surface area (Å²) in [5.41, 5.74) is 3.32. The van der Waals surface area contributed by atoms with Crippen molar-refractivity contribution in [1.29, 1.82) is 0 Å². The second-order valence-corrected chi connectivity index (χ2v) is 6.20. The monoisotopic (exact) mass is 306 g/mol. The number of benzene rings is 2. The normalized spacial score (nSPS) is 21.0. The van der Waals surface area contributed by atoms with Crippen molar-refractivity contribution >= 4 is 17.5 Å². The molecule has 1 aliphatic heterocycles. The molecule has 2 aromatic rings. The number of rotatable bonds is 3. The molecule has 2 aromatic carbocycles. The van der Waals surface area contributed by atoms with Crippen LogP contribution in [0.15, 0.2) is 54.6 Å². The zero-order valence-electron chi connectivity index (χ0n) is 12.7. The van der Waals surface area contributed by atoms with Gasteiger partial charge < -0.3 is 5.32 Å². The molecule has 4 nitrogen and oxygen atoms in total. The van der Waals surface area contributed by atoms with E-state index in [0.717, 1.165) is 12.8 Å². The van der Waals surface area contributed by atoms with Gasteiger partial charge in [0.25, 0.3) is 5.91 Å². The molecule has 0 saturated carbocycles. The van der Waals surface area contributed by atoms with Crippen LogP contribution in [0.1, 0.15) is 17.5 Å². The van der Waals surface area contributed by atoms with Gasteiger partial charge in [0.2, 0.25) is 5.91 Å². The second kappa shape index (κ2) is 5.63. The quantitative estimate of drug-likeness (QED) is 0.883. The maximum absolute atomic E-state index is 12.6. The number of fused-ring (bicyclic) bond motifs is 1. The Balaban J connectivity index is 1.48. The van der Waals surface area contributed by atoms with Crippen LogP contribution in [0.2, 0.25) is 0 Å². The van der Waals surface area contributed by atoms with E-state index in [1.54, 1.807) is 12.1 Å². The number of anilines is 1. The fraction of sp³-hybridized carbons (Fsp3) is 0.263. The third kappa shape index (κ3) is 2.55. The van der Waals surface area contributed by atoms with Crippen LogP contribution in [0.3, 0.4) is 0 Å². The second-order valence-electron chi connectivity index (χ2n) is 6.20. The van der Waals surface area contributed by atoms with Crippen LogP contribution in [0.5, 0.6) is 0 Å². The first-order valence-corrected chi connectivity index (χ1v) is 7.97. The van der Waals surface area contributed by atoms with Gasteiger partial charge in [-0.1, -0.05) is 42.5 Å². The number of nitrogens with zero attached hydrogens (tertiary/aromatic N) is 1. The highest BCUT2D eigenvalue weighted by Gasteiger charge is 2.40. The first kappa shape index (κ1) is 14.2. The highest BCUT2D eigenvalue weighted by Crippen LogP contribution is 2.26. The summed E-state index contributed by atoms with van der Waals surface area (Å²) in [5, 5.41) is 3.39. The van der Waals surface area contributed by atoms with E-state index in [2.05, 4.69) is 17.4 Å². The summed E-state index contributed by atoms with van der Waals surface area (Å²) in [4.78, 5) is 26.2. The number of hydrogen-bond acceptors (Lipinski definition) is 3. The van der Waals surface area contributed by atoms with E-state index in [1.807, 2.05) is 30.3 Å². The van der Waals surface area contributed by atoms with Crippen molar-refractivity contribution in [2.75, 3.05) is 4.90 Å². The number of carbonyl (C=O) groups excluding carboxylic acids is 2. The third-order valence-electron chi connectivity index (χ3n) is 4.65. The predicted molar refractivity (Wildman–Crippen MR) is 88.1 cm³/mol. The van der Waals surface area contributed by atoms with Crippen LogP contribution in [-0.4, -0.2) is 23.9 Å². The zero-order valence-corrected chi connectivity index (χ0v) is 12.7. The van der Waals surface area contributed by atoms with Crippen LogP contribution in [-0.2, 0) is 22.4 Å². The Bertz CT molecular complexity index is 732. The van der Waals surface area contributed by atoms with Crippen molar-refractivity contribution in [1.82, 2.24) is 5.32 Å². The molecule has 1 heterocycles. The molecule has 2 amide bonds. The van der Waals surface area contributed by atoms with Crippen molar-refractivity contribution < 1.29 is 9.59 Å². The van der Waals surface area contributed by atoms with E-state index >= 15 is 0 Å². The maximum Gasteiger partial charge on any atom is 0.251 e. The lowest BCUT2D eigenvalue weighted by atomic mass is 10.1. The summed E-state index contributed by atoms with van der Waals surface area (Å²) in [5.74, 6) is -0.272. The molecule has 1 saturated heterocycles. The van der Waals surface area contributed by atoms with Gasteiger partial charge in [-0.2, -0.15) is 0 Å². The van der Waals surface area contributed by atoms with Crippen LogP contribution < -0.4 is 10.2 Å². The Morgan fingerprint density at radius 2 is 1.43 bits per heavy atom. The van der Waals surface area contributed by atoms with Gasteiger partial charge in [0.05, 0.1) is 18.2 Å². The fourth-order valence-electron chi connectivity index (χ4n) is 3.57. The minimum atomic E-state index is -0.415. The van der Waals surface area contributed by atoms with E-state index in [4.69, 9.17) is 0 Å². The van der Waals surface area contributed by atoms with E-state index in [-0.39, 0.29) is 24.3 Å². The van der Waals surface area contributed by atoms with Crippen molar-refractivity contribution in [2.45, 2.75) is 31.3 Å². The van der Waals surface area contributed by atoms with Crippen molar-refractivity contribution in [2.24, 2.45) is 0 Å². The molecule has 1 atom stereocenters. The minimum absolute atomic E-state index is 0.130. The van der Waals surface area contributed by atoms with Crippen LogP contribution in [0.25, 0.3) is 0 Å². The van der Waals surface area contributed by atoms with E-state index in [9.17, 15) is 9.59 Å². The molecule has 0 aromatic heterocycles. The number of hydrogen-bond donors (Lipinski definition) is 1. The third-order valence-corrected chi connectivity index (χ3v) is 4.65. The van der Waals surface area contributed by atoms with Crippen LogP contribution >= 0.6 is 0 Å². The molecule has 0 radical (unpaired) electrons. The zero-order chi connectivity index (χ0) is 15.8. The van der Waals surface area contributed by atoms with Gasteiger partial charge in [0, 0.05) is 6.04 Å². The van der Waals surface area contributed by atoms with Gasteiger partial charge in [0.15, 0.2) is 0 Å². The summed E-state index contributed by atoms with van der Waals surface area (Å²) >= 11 is 0. The van der Waals surface area contributed by atoms with Crippen molar-refractivity contribution in [3.05, 3.63) is 65.7 Å². The van der Waals surface area contributed by atoms with E-state index in [0.29, 0.717) is 5.69 Å². The first-order chi connectivity index (χ1) is 11.2. The number of carbonyl (C=O) groups is 2. The van der Waals surface area contributed by atoms with Gasteiger partial charge in [-0.05, 0) is 36.1 Å². The molecule has 1 N–H and O–H groups in total. The molecular formula is C19H18N2O2. The van der Waals surface area contributed by atoms with Gasteiger partial charge in [-0.3, -0.25) is 9.59 Å². The van der Waals surface area contributed by atoms with Gasteiger partial charge in [0.1, 0.15) is 0 Å². The molecule has 0 spiro atoms. The molecule has 116 valence electrons. The van der Waals surface area contributed by atoms with Crippen LogP contribution in [0.4, 0.5) is 5.69 Å².